The third-order valence-electron chi connectivity index (χ3n) is 3.97. The minimum Gasteiger partial charge on any atom is -0.450 e. The van der Waals surface area contributed by atoms with Crippen molar-refractivity contribution in [1.82, 2.24) is 4.90 Å². The minimum absolute atomic E-state index is 0.232. The molecule has 0 spiro atoms. The Balaban J connectivity index is 2.05. The summed E-state index contributed by atoms with van der Waals surface area (Å²) >= 11 is 0. The number of carbonyl (C=O) groups excluding carboxylic acids is 1. The van der Waals surface area contributed by atoms with Gasteiger partial charge in [0.15, 0.2) is 0 Å². The maximum atomic E-state index is 13.2. The van der Waals surface area contributed by atoms with Crippen LogP contribution in [0.15, 0.2) is 48.5 Å². The second kappa shape index (κ2) is 6.18. The summed E-state index contributed by atoms with van der Waals surface area (Å²) in [6.45, 7) is 2.73. The Kier molecular flexibility index (Phi) is 4.09. The zero-order valence-corrected chi connectivity index (χ0v) is 12.5. The molecular formula is C18H18FNO2. The van der Waals surface area contributed by atoms with Gasteiger partial charge in [0.1, 0.15) is 5.82 Å². The highest BCUT2D eigenvalue weighted by molar-refractivity contribution is 5.70. The molecule has 1 aliphatic heterocycles. The molecule has 0 saturated carbocycles. The maximum absolute atomic E-state index is 13.2. The molecule has 22 heavy (non-hydrogen) atoms. The number of nitrogens with zero attached hydrogens (tertiary/aromatic N) is 1. The Morgan fingerprint density at radius 1 is 1.23 bits per heavy atom. The normalized spacial score (nSPS) is 17.0. The molecule has 0 aliphatic carbocycles. The molecule has 0 fully saturated rings. The Morgan fingerprint density at radius 2 is 1.95 bits per heavy atom. The van der Waals surface area contributed by atoms with E-state index < -0.39 is 0 Å². The average Bonchev–Trinajstić information content (AvgIpc) is 2.55. The summed E-state index contributed by atoms with van der Waals surface area (Å²) in [4.78, 5) is 14.0. The van der Waals surface area contributed by atoms with Crippen molar-refractivity contribution in [2.24, 2.45) is 0 Å². The zero-order valence-electron chi connectivity index (χ0n) is 12.5. The van der Waals surface area contributed by atoms with Crippen molar-refractivity contribution in [3.63, 3.8) is 0 Å². The monoisotopic (exact) mass is 299 g/mol. The summed E-state index contributed by atoms with van der Waals surface area (Å²) in [6, 6.07) is 14.1. The summed E-state index contributed by atoms with van der Waals surface area (Å²) in [6.07, 6.45) is 0.471. The van der Waals surface area contributed by atoms with E-state index in [0.717, 1.165) is 17.5 Å². The van der Waals surface area contributed by atoms with E-state index in [4.69, 9.17) is 4.74 Å². The van der Waals surface area contributed by atoms with Gasteiger partial charge in [-0.05, 0) is 42.2 Å². The van der Waals surface area contributed by atoms with E-state index in [2.05, 4.69) is 6.07 Å². The molecule has 0 radical (unpaired) electrons. The highest BCUT2D eigenvalue weighted by Gasteiger charge is 2.32. The molecule has 1 unspecified atom stereocenters. The smallest absolute Gasteiger partial charge is 0.410 e. The molecule has 0 saturated heterocycles. The second-order valence-electron chi connectivity index (χ2n) is 5.30. The average molecular weight is 299 g/mol. The van der Waals surface area contributed by atoms with Crippen LogP contribution in [0.1, 0.15) is 29.7 Å². The standard InChI is InChI=1S/C18H18FNO2/c1-2-22-18(21)20-12-11-13-5-3-4-6-16(13)17(20)14-7-9-15(19)10-8-14/h3-10,17H,2,11-12H2,1H3. The summed E-state index contributed by atoms with van der Waals surface area (Å²) in [7, 11) is 0. The summed E-state index contributed by atoms with van der Waals surface area (Å²) in [5, 5.41) is 0. The van der Waals surface area contributed by atoms with Gasteiger partial charge in [-0.3, -0.25) is 4.90 Å². The Morgan fingerprint density at radius 3 is 2.68 bits per heavy atom. The molecule has 0 bridgehead atoms. The predicted molar refractivity (Wildman–Crippen MR) is 82.1 cm³/mol. The number of amides is 1. The van der Waals surface area contributed by atoms with Gasteiger partial charge in [0.05, 0.1) is 12.6 Å². The van der Waals surface area contributed by atoms with Crippen molar-refractivity contribution in [2.45, 2.75) is 19.4 Å². The van der Waals surface area contributed by atoms with E-state index in [-0.39, 0.29) is 18.0 Å². The van der Waals surface area contributed by atoms with Gasteiger partial charge in [0.25, 0.3) is 0 Å². The number of hydrogen-bond donors (Lipinski definition) is 0. The van der Waals surface area contributed by atoms with Crippen LogP contribution in [0, 0.1) is 5.82 Å². The van der Waals surface area contributed by atoms with Crippen LogP contribution in [0.2, 0.25) is 0 Å². The van der Waals surface area contributed by atoms with Gasteiger partial charge in [-0.15, -0.1) is 0 Å². The first kappa shape index (κ1) is 14.6. The lowest BCUT2D eigenvalue weighted by Crippen LogP contribution is -2.40. The van der Waals surface area contributed by atoms with Gasteiger partial charge in [0, 0.05) is 6.54 Å². The first-order chi connectivity index (χ1) is 10.7. The Labute approximate surface area is 129 Å². The lowest BCUT2D eigenvalue weighted by Gasteiger charge is -2.36. The zero-order chi connectivity index (χ0) is 15.5. The molecule has 3 nitrogen and oxygen atoms in total. The number of fused-ring (bicyclic) bond motifs is 1. The van der Waals surface area contributed by atoms with Crippen molar-refractivity contribution in [1.29, 1.82) is 0 Å². The molecule has 114 valence electrons. The fourth-order valence-corrected chi connectivity index (χ4v) is 2.97. The van der Waals surface area contributed by atoms with E-state index >= 15 is 0 Å². The van der Waals surface area contributed by atoms with Crippen LogP contribution in [-0.4, -0.2) is 24.1 Å². The van der Waals surface area contributed by atoms with Gasteiger partial charge in [0.2, 0.25) is 0 Å². The molecule has 3 rings (SSSR count). The number of rotatable bonds is 2. The lowest BCUT2D eigenvalue weighted by atomic mass is 9.88. The first-order valence-electron chi connectivity index (χ1n) is 7.47. The summed E-state index contributed by atoms with van der Waals surface area (Å²) in [5.74, 6) is -0.282. The highest BCUT2D eigenvalue weighted by atomic mass is 19.1. The maximum Gasteiger partial charge on any atom is 0.410 e. The van der Waals surface area contributed by atoms with Crippen molar-refractivity contribution in [3.05, 3.63) is 71.0 Å². The number of benzene rings is 2. The van der Waals surface area contributed by atoms with E-state index in [9.17, 15) is 9.18 Å². The number of ether oxygens (including phenoxy) is 1. The third-order valence-corrected chi connectivity index (χ3v) is 3.97. The van der Waals surface area contributed by atoms with Crippen LogP contribution in [0.5, 0.6) is 0 Å². The number of carbonyl (C=O) groups is 1. The fraction of sp³-hybridized carbons (Fsp3) is 0.278. The van der Waals surface area contributed by atoms with E-state index in [1.165, 1.54) is 17.7 Å². The lowest BCUT2D eigenvalue weighted by molar-refractivity contribution is 0.0937. The Bertz CT molecular complexity index is 669. The molecule has 1 heterocycles. The molecule has 4 heteroatoms. The molecule has 1 amide bonds. The molecular weight excluding hydrogens is 281 g/mol. The van der Waals surface area contributed by atoms with Gasteiger partial charge >= 0.3 is 6.09 Å². The van der Waals surface area contributed by atoms with Crippen molar-refractivity contribution in [2.75, 3.05) is 13.2 Å². The quantitative estimate of drug-likeness (QED) is 0.841. The Hall–Kier alpha value is -2.36. The van der Waals surface area contributed by atoms with Gasteiger partial charge in [-0.1, -0.05) is 36.4 Å². The van der Waals surface area contributed by atoms with E-state index in [0.29, 0.717) is 13.2 Å². The van der Waals surface area contributed by atoms with E-state index in [1.807, 2.05) is 18.2 Å². The van der Waals surface area contributed by atoms with Gasteiger partial charge in [-0.25, -0.2) is 9.18 Å². The van der Waals surface area contributed by atoms with E-state index in [1.54, 1.807) is 24.0 Å². The topological polar surface area (TPSA) is 29.5 Å². The third kappa shape index (κ3) is 2.69. The summed E-state index contributed by atoms with van der Waals surface area (Å²) in [5.41, 5.74) is 3.19. The van der Waals surface area contributed by atoms with Crippen molar-refractivity contribution < 1.29 is 13.9 Å². The largest absolute Gasteiger partial charge is 0.450 e. The van der Waals surface area contributed by atoms with Crippen LogP contribution >= 0.6 is 0 Å². The summed E-state index contributed by atoms with van der Waals surface area (Å²) < 4.78 is 18.4. The van der Waals surface area contributed by atoms with Crippen LogP contribution in [0.25, 0.3) is 0 Å². The van der Waals surface area contributed by atoms with Crippen molar-refractivity contribution >= 4 is 6.09 Å². The SMILES string of the molecule is CCOC(=O)N1CCc2ccccc2C1c1ccc(F)cc1. The van der Waals surface area contributed by atoms with Crippen LogP contribution < -0.4 is 0 Å². The van der Waals surface area contributed by atoms with Crippen LogP contribution in [0.3, 0.4) is 0 Å². The second-order valence-corrected chi connectivity index (χ2v) is 5.30. The van der Waals surface area contributed by atoms with Crippen molar-refractivity contribution in [3.8, 4) is 0 Å². The highest BCUT2D eigenvalue weighted by Crippen LogP contribution is 2.35. The molecule has 0 aromatic heterocycles. The number of hydrogen-bond acceptors (Lipinski definition) is 2. The number of halogens is 1. The molecule has 2 aromatic rings. The molecule has 2 aromatic carbocycles. The first-order valence-corrected chi connectivity index (χ1v) is 7.47. The van der Waals surface area contributed by atoms with Crippen LogP contribution in [0.4, 0.5) is 9.18 Å². The predicted octanol–water partition coefficient (Wildman–Crippen LogP) is 3.93. The van der Waals surface area contributed by atoms with Crippen LogP contribution in [-0.2, 0) is 11.2 Å². The minimum atomic E-state index is -0.327. The van der Waals surface area contributed by atoms with Gasteiger partial charge in [-0.2, -0.15) is 0 Å². The molecule has 1 aliphatic rings. The van der Waals surface area contributed by atoms with Gasteiger partial charge < -0.3 is 4.74 Å². The molecule has 0 N–H and O–H groups in total. The molecule has 1 atom stereocenters. The fourth-order valence-electron chi connectivity index (χ4n) is 2.97.